The molecule has 0 saturated heterocycles. The van der Waals surface area contributed by atoms with E-state index in [9.17, 15) is 14.7 Å². The summed E-state index contributed by atoms with van der Waals surface area (Å²) in [5.41, 5.74) is 2.17. The Morgan fingerprint density at radius 3 is 2.60 bits per heavy atom. The second-order valence-electron chi connectivity index (χ2n) is 9.42. The molecule has 0 radical (unpaired) electrons. The van der Waals surface area contributed by atoms with Crippen molar-refractivity contribution in [3.8, 4) is 0 Å². The third-order valence-electron chi connectivity index (χ3n) is 8.48. The van der Waals surface area contributed by atoms with Gasteiger partial charge in [-0.1, -0.05) is 25.0 Å². The van der Waals surface area contributed by atoms with E-state index in [4.69, 9.17) is 0 Å². The van der Waals surface area contributed by atoms with Crippen molar-refractivity contribution in [2.45, 2.75) is 65.9 Å². The lowest BCUT2D eigenvalue weighted by Gasteiger charge is -2.58. The van der Waals surface area contributed by atoms with Crippen molar-refractivity contribution in [3.63, 3.8) is 0 Å². The molecule has 0 aromatic heterocycles. The van der Waals surface area contributed by atoms with Gasteiger partial charge in [0.1, 0.15) is 5.78 Å². The normalized spacial score (nSPS) is 47.4. The van der Waals surface area contributed by atoms with E-state index in [1.165, 1.54) is 11.1 Å². The SMILES string of the molecule is CC1=CC(=O)C=C2CC[C@H]3[C@@H]4[C@H](C(C)O)CC(=O)[C@@]4(C)CC[C@@H]3[C@@]12C. The van der Waals surface area contributed by atoms with E-state index in [1.54, 1.807) is 0 Å². The molecular formula is C22H30O3. The van der Waals surface area contributed by atoms with Crippen LogP contribution in [-0.2, 0) is 9.59 Å². The molecule has 25 heavy (non-hydrogen) atoms. The first-order chi connectivity index (χ1) is 11.7. The number of rotatable bonds is 1. The highest BCUT2D eigenvalue weighted by atomic mass is 16.3. The predicted octanol–water partition coefficient (Wildman–Crippen LogP) is 3.86. The molecule has 0 amide bonds. The third kappa shape index (κ3) is 2.14. The van der Waals surface area contributed by atoms with Gasteiger partial charge in [-0.05, 0) is 75.4 Å². The van der Waals surface area contributed by atoms with Crippen LogP contribution in [-0.4, -0.2) is 22.8 Å². The number of aliphatic hydroxyl groups is 1. The minimum Gasteiger partial charge on any atom is -0.393 e. The van der Waals surface area contributed by atoms with Crippen molar-refractivity contribution in [3.05, 3.63) is 23.3 Å². The average Bonchev–Trinajstić information content (AvgIpc) is 2.81. The fourth-order valence-electron chi connectivity index (χ4n) is 6.98. The summed E-state index contributed by atoms with van der Waals surface area (Å²) in [4.78, 5) is 24.8. The fourth-order valence-corrected chi connectivity index (χ4v) is 6.98. The van der Waals surface area contributed by atoms with Crippen molar-refractivity contribution in [1.82, 2.24) is 0 Å². The van der Waals surface area contributed by atoms with E-state index in [0.29, 0.717) is 24.0 Å². The van der Waals surface area contributed by atoms with Gasteiger partial charge in [0, 0.05) is 17.3 Å². The summed E-state index contributed by atoms with van der Waals surface area (Å²) in [6, 6.07) is 0. The van der Waals surface area contributed by atoms with E-state index >= 15 is 0 Å². The molecule has 4 rings (SSSR count). The van der Waals surface area contributed by atoms with Crippen molar-refractivity contribution in [1.29, 1.82) is 0 Å². The number of aliphatic hydroxyl groups excluding tert-OH is 1. The van der Waals surface area contributed by atoms with Crippen LogP contribution in [0.1, 0.15) is 59.8 Å². The zero-order chi connectivity index (χ0) is 18.1. The second-order valence-corrected chi connectivity index (χ2v) is 9.42. The molecule has 4 aliphatic rings. The van der Waals surface area contributed by atoms with E-state index in [2.05, 4.69) is 20.8 Å². The number of ketones is 2. The highest BCUT2D eigenvalue weighted by Gasteiger charge is 2.62. The maximum Gasteiger partial charge on any atom is 0.178 e. The van der Waals surface area contributed by atoms with Crippen molar-refractivity contribution in [2.24, 2.45) is 34.5 Å². The van der Waals surface area contributed by atoms with Gasteiger partial charge in [0.25, 0.3) is 0 Å². The summed E-state index contributed by atoms with van der Waals surface area (Å²) >= 11 is 0. The van der Waals surface area contributed by atoms with Crippen LogP contribution in [0.15, 0.2) is 23.3 Å². The van der Waals surface area contributed by atoms with E-state index in [1.807, 2.05) is 19.1 Å². The summed E-state index contributed by atoms with van der Waals surface area (Å²) in [5.74, 6) is 1.79. The Morgan fingerprint density at radius 1 is 1.20 bits per heavy atom. The first-order valence-corrected chi connectivity index (χ1v) is 9.84. The Labute approximate surface area is 150 Å². The van der Waals surface area contributed by atoms with Gasteiger partial charge in [0.15, 0.2) is 5.78 Å². The maximum absolute atomic E-state index is 12.8. The lowest BCUT2D eigenvalue weighted by Crippen LogP contribution is -2.52. The first kappa shape index (κ1) is 17.2. The van der Waals surface area contributed by atoms with Crippen molar-refractivity contribution in [2.75, 3.05) is 0 Å². The van der Waals surface area contributed by atoms with Crippen LogP contribution in [0, 0.1) is 34.5 Å². The molecule has 0 aromatic rings. The standard InChI is InChI=1S/C22H30O3/c1-12-9-15(24)10-14-5-6-16-18(22(12,14)4)7-8-21(3)19(25)11-17(13(2)23)20(16)21/h9-10,13,16-18,20,23H,5-8,11H2,1-4H3/t13?,16-,17+,18+,20-,21-,22+/m1/s1. The van der Waals surface area contributed by atoms with Gasteiger partial charge in [-0.25, -0.2) is 0 Å². The Hall–Kier alpha value is -1.22. The molecule has 7 atom stereocenters. The molecule has 3 heteroatoms. The average molecular weight is 342 g/mol. The lowest BCUT2D eigenvalue weighted by atomic mass is 9.46. The van der Waals surface area contributed by atoms with Gasteiger partial charge >= 0.3 is 0 Å². The van der Waals surface area contributed by atoms with Crippen LogP contribution >= 0.6 is 0 Å². The van der Waals surface area contributed by atoms with Gasteiger partial charge in [0.05, 0.1) is 6.10 Å². The smallest absolute Gasteiger partial charge is 0.178 e. The highest BCUT2D eigenvalue weighted by Crippen LogP contribution is 2.66. The summed E-state index contributed by atoms with van der Waals surface area (Å²) in [6.45, 7) is 8.42. The van der Waals surface area contributed by atoms with Gasteiger partial charge < -0.3 is 5.11 Å². The summed E-state index contributed by atoms with van der Waals surface area (Å²) < 4.78 is 0. The van der Waals surface area contributed by atoms with E-state index < -0.39 is 6.10 Å². The molecule has 0 aliphatic heterocycles. The van der Waals surface area contributed by atoms with Crippen LogP contribution < -0.4 is 0 Å². The molecule has 0 aromatic carbocycles. The Bertz CT molecular complexity index is 700. The monoisotopic (exact) mass is 342 g/mol. The molecule has 0 heterocycles. The van der Waals surface area contributed by atoms with Crippen molar-refractivity contribution < 1.29 is 14.7 Å². The molecule has 3 saturated carbocycles. The van der Waals surface area contributed by atoms with Crippen LogP contribution in [0.25, 0.3) is 0 Å². The largest absolute Gasteiger partial charge is 0.393 e. The quantitative estimate of drug-likeness (QED) is 0.787. The molecular weight excluding hydrogens is 312 g/mol. The van der Waals surface area contributed by atoms with Gasteiger partial charge in [-0.3, -0.25) is 9.59 Å². The number of carbonyl (C=O) groups excluding carboxylic acids is 2. The molecule has 3 fully saturated rings. The lowest BCUT2D eigenvalue weighted by molar-refractivity contribution is -0.132. The van der Waals surface area contributed by atoms with Gasteiger partial charge in [-0.2, -0.15) is 0 Å². The summed E-state index contributed by atoms with van der Waals surface area (Å²) in [7, 11) is 0. The second kappa shape index (κ2) is 5.39. The fraction of sp³-hybridized carbons (Fsp3) is 0.727. The number of carbonyl (C=O) groups is 2. The van der Waals surface area contributed by atoms with Crippen molar-refractivity contribution >= 4 is 11.6 Å². The van der Waals surface area contributed by atoms with Crippen LogP contribution in [0.4, 0.5) is 0 Å². The minimum absolute atomic E-state index is 0.0486. The minimum atomic E-state index is -0.427. The zero-order valence-corrected chi connectivity index (χ0v) is 15.8. The maximum atomic E-state index is 12.8. The topological polar surface area (TPSA) is 54.4 Å². The summed E-state index contributed by atoms with van der Waals surface area (Å²) in [5, 5.41) is 10.4. The molecule has 136 valence electrons. The molecule has 0 spiro atoms. The number of hydrogen-bond donors (Lipinski definition) is 1. The Balaban J connectivity index is 1.77. The third-order valence-corrected chi connectivity index (χ3v) is 8.48. The Morgan fingerprint density at radius 2 is 1.92 bits per heavy atom. The number of fused-ring (bicyclic) bond motifs is 5. The van der Waals surface area contributed by atoms with E-state index in [0.717, 1.165) is 25.7 Å². The molecule has 1 unspecified atom stereocenters. The highest BCUT2D eigenvalue weighted by molar-refractivity contribution is 6.02. The molecule has 4 aliphatic carbocycles. The molecule has 1 N–H and O–H groups in total. The zero-order valence-electron chi connectivity index (χ0n) is 15.8. The summed E-state index contributed by atoms with van der Waals surface area (Å²) in [6.07, 6.45) is 7.74. The van der Waals surface area contributed by atoms with Gasteiger partial charge in [-0.15, -0.1) is 0 Å². The number of allylic oxidation sites excluding steroid dienone is 4. The predicted molar refractivity (Wildman–Crippen MR) is 96.8 cm³/mol. The Kier molecular flexibility index (Phi) is 3.71. The first-order valence-electron chi connectivity index (χ1n) is 9.84. The van der Waals surface area contributed by atoms with Crippen LogP contribution in [0.3, 0.4) is 0 Å². The van der Waals surface area contributed by atoms with E-state index in [-0.39, 0.29) is 28.4 Å². The molecule has 3 nitrogen and oxygen atoms in total. The van der Waals surface area contributed by atoms with Crippen LogP contribution in [0.2, 0.25) is 0 Å². The number of hydrogen-bond acceptors (Lipinski definition) is 3. The van der Waals surface area contributed by atoms with Gasteiger partial charge in [0.2, 0.25) is 0 Å². The molecule has 0 bridgehead atoms. The van der Waals surface area contributed by atoms with Crippen LogP contribution in [0.5, 0.6) is 0 Å². The number of Topliss-reactive ketones (excluding diaryl/α,β-unsaturated/α-hetero) is 1.